The van der Waals surface area contributed by atoms with E-state index in [9.17, 15) is 18.0 Å². The van der Waals surface area contributed by atoms with Crippen LogP contribution in [0.3, 0.4) is 0 Å². The number of carbonyl (C=O) groups is 1. The molecule has 33 heavy (non-hydrogen) atoms. The summed E-state index contributed by atoms with van der Waals surface area (Å²) in [6.07, 6.45) is -5.10. The van der Waals surface area contributed by atoms with Gasteiger partial charge in [-0.25, -0.2) is 4.79 Å². The van der Waals surface area contributed by atoms with Crippen molar-refractivity contribution < 1.29 is 32.2 Å². The predicted molar refractivity (Wildman–Crippen MR) is 120 cm³/mol. The summed E-state index contributed by atoms with van der Waals surface area (Å²) in [4.78, 5) is 12.5. The molecule has 0 aromatic heterocycles. The quantitative estimate of drug-likeness (QED) is 0.301. The molecular formula is C26H31F3O4. The molecule has 180 valence electrons. The molecule has 1 heterocycles. The highest BCUT2D eigenvalue weighted by atomic mass is 19.4. The Kier molecular flexibility index (Phi) is 8.92. The monoisotopic (exact) mass is 464 g/mol. The van der Waals surface area contributed by atoms with Gasteiger partial charge in [0.2, 0.25) is 6.29 Å². The van der Waals surface area contributed by atoms with E-state index in [1.807, 2.05) is 31.2 Å². The predicted octanol–water partition coefficient (Wildman–Crippen LogP) is 6.85. The number of aryl methyl sites for hydroxylation is 1. The highest BCUT2D eigenvalue weighted by Crippen LogP contribution is 2.35. The molecule has 1 fully saturated rings. The van der Waals surface area contributed by atoms with Crippen LogP contribution < -0.4 is 0 Å². The standard InChI is InChI=1S/C26H31F3O4/c1-3-4-5-6-17-31-22-15-16-23(32-24(22)26(27,28)29)33-25(30)21-13-11-20(12-14-21)19-9-7-18(2)8-10-19/h7-14,22-24H,3-6,15-17H2,1-2H3. The molecule has 0 radical (unpaired) electrons. The number of hydrogen-bond acceptors (Lipinski definition) is 4. The van der Waals surface area contributed by atoms with E-state index in [4.69, 9.17) is 14.2 Å². The summed E-state index contributed by atoms with van der Waals surface area (Å²) in [7, 11) is 0. The molecule has 0 bridgehead atoms. The normalized spacial score (nSPS) is 21.1. The molecular weight excluding hydrogens is 433 g/mol. The van der Waals surface area contributed by atoms with Gasteiger partial charge in [0.25, 0.3) is 0 Å². The summed E-state index contributed by atoms with van der Waals surface area (Å²) < 4.78 is 56.5. The van der Waals surface area contributed by atoms with E-state index >= 15 is 0 Å². The molecule has 3 unspecified atom stereocenters. The Morgan fingerprint density at radius 2 is 1.61 bits per heavy atom. The molecule has 1 aliphatic rings. The fraction of sp³-hybridized carbons (Fsp3) is 0.500. The number of alkyl halides is 3. The van der Waals surface area contributed by atoms with E-state index in [1.165, 1.54) is 0 Å². The third-order valence-corrected chi connectivity index (χ3v) is 5.72. The second kappa shape index (κ2) is 11.7. The summed E-state index contributed by atoms with van der Waals surface area (Å²) in [5.74, 6) is -0.713. The number of carbonyl (C=O) groups excluding carboxylic acids is 1. The first-order chi connectivity index (χ1) is 15.8. The molecule has 7 heteroatoms. The van der Waals surface area contributed by atoms with Crippen molar-refractivity contribution in [1.29, 1.82) is 0 Å². The van der Waals surface area contributed by atoms with E-state index in [0.717, 1.165) is 36.0 Å². The van der Waals surface area contributed by atoms with Crippen molar-refractivity contribution >= 4 is 5.97 Å². The van der Waals surface area contributed by atoms with Crippen LogP contribution in [0.15, 0.2) is 48.5 Å². The Balaban J connectivity index is 1.56. The first-order valence-corrected chi connectivity index (χ1v) is 11.5. The van der Waals surface area contributed by atoms with Crippen molar-refractivity contribution in [3.63, 3.8) is 0 Å². The van der Waals surface area contributed by atoms with Crippen LogP contribution in [-0.4, -0.2) is 37.3 Å². The van der Waals surface area contributed by atoms with Crippen molar-refractivity contribution in [1.82, 2.24) is 0 Å². The minimum absolute atomic E-state index is 0.113. The van der Waals surface area contributed by atoms with Crippen LogP contribution in [0.25, 0.3) is 11.1 Å². The molecule has 1 saturated heterocycles. The summed E-state index contributed by atoms with van der Waals surface area (Å²) >= 11 is 0. The Labute approximate surface area is 193 Å². The highest BCUT2D eigenvalue weighted by Gasteiger charge is 2.50. The number of benzene rings is 2. The molecule has 2 aromatic carbocycles. The maximum atomic E-state index is 13.5. The van der Waals surface area contributed by atoms with Crippen LogP contribution >= 0.6 is 0 Å². The molecule has 0 N–H and O–H groups in total. The lowest BCUT2D eigenvalue weighted by Crippen LogP contribution is -2.50. The number of esters is 1. The molecule has 3 atom stereocenters. The SMILES string of the molecule is CCCCCCOC1CCC(OC(=O)c2ccc(-c3ccc(C)cc3)cc2)OC1C(F)(F)F. The van der Waals surface area contributed by atoms with Crippen LogP contribution in [-0.2, 0) is 14.2 Å². The average molecular weight is 465 g/mol. The number of hydrogen-bond donors (Lipinski definition) is 0. The van der Waals surface area contributed by atoms with Gasteiger partial charge in [0, 0.05) is 13.0 Å². The summed E-state index contributed by atoms with van der Waals surface area (Å²) in [5.41, 5.74) is 3.33. The zero-order valence-corrected chi connectivity index (χ0v) is 19.1. The van der Waals surface area contributed by atoms with Crippen LogP contribution in [0.5, 0.6) is 0 Å². The summed E-state index contributed by atoms with van der Waals surface area (Å²) in [6.45, 7) is 4.33. The number of halogens is 3. The van der Waals surface area contributed by atoms with E-state index in [2.05, 4.69) is 6.92 Å². The van der Waals surface area contributed by atoms with E-state index in [-0.39, 0.29) is 25.0 Å². The zero-order valence-electron chi connectivity index (χ0n) is 19.1. The van der Waals surface area contributed by atoms with E-state index < -0.39 is 30.6 Å². The first kappa shape index (κ1) is 25.2. The van der Waals surface area contributed by atoms with Gasteiger partial charge in [0.1, 0.15) is 0 Å². The number of ether oxygens (including phenoxy) is 3. The first-order valence-electron chi connectivity index (χ1n) is 11.5. The Morgan fingerprint density at radius 1 is 0.970 bits per heavy atom. The van der Waals surface area contributed by atoms with E-state index in [0.29, 0.717) is 6.42 Å². The minimum atomic E-state index is -4.60. The zero-order chi connectivity index (χ0) is 23.8. The Morgan fingerprint density at radius 3 is 2.21 bits per heavy atom. The van der Waals surface area contributed by atoms with Crippen LogP contribution in [0.1, 0.15) is 61.4 Å². The Bertz CT molecular complexity index is 878. The molecule has 0 saturated carbocycles. The second-order valence-corrected chi connectivity index (χ2v) is 8.42. The largest absolute Gasteiger partial charge is 0.432 e. The third-order valence-electron chi connectivity index (χ3n) is 5.72. The van der Waals surface area contributed by atoms with Gasteiger partial charge in [-0.1, -0.05) is 68.1 Å². The molecule has 4 nitrogen and oxygen atoms in total. The van der Waals surface area contributed by atoms with Gasteiger partial charge >= 0.3 is 12.1 Å². The lowest BCUT2D eigenvalue weighted by atomic mass is 10.0. The van der Waals surface area contributed by atoms with Gasteiger partial charge in [-0.05, 0) is 43.0 Å². The van der Waals surface area contributed by atoms with Crippen molar-refractivity contribution in [2.24, 2.45) is 0 Å². The maximum Gasteiger partial charge on any atom is 0.417 e. The van der Waals surface area contributed by atoms with Gasteiger partial charge in [-0.15, -0.1) is 0 Å². The Hall–Kier alpha value is -2.38. The second-order valence-electron chi connectivity index (χ2n) is 8.42. The van der Waals surface area contributed by atoms with Crippen molar-refractivity contribution in [2.75, 3.05) is 6.61 Å². The summed E-state index contributed by atoms with van der Waals surface area (Å²) in [6, 6.07) is 14.7. The van der Waals surface area contributed by atoms with Crippen molar-refractivity contribution in [2.45, 2.75) is 77.0 Å². The number of unbranched alkanes of at least 4 members (excludes halogenated alkanes) is 3. The minimum Gasteiger partial charge on any atom is -0.432 e. The van der Waals surface area contributed by atoms with Crippen LogP contribution in [0.4, 0.5) is 13.2 Å². The van der Waals surface area contributed by atoms with Crippen molar-refractivity contribution in [3.8, 4) is 11.1 Å². The van der Waals surface area contributed by atoms with Gasteiger partial charge in [0.05, 0.1) is 11.7 Å². The van der Waals surface area contributed by atoms with Gasteiger partial charge < -0.3 is 14.2 Å². The summed E-state index contributed by atoms with van der Waals surface area (Å²) in [5, 5.41) is 0. The van der Waals surface area contributed by atoms with Gasteiger partial charge in [-0.3, -0.25) is 0 Å². The number of rotatable bonds is 9. The average Bonchev–Trinajstić information content (AvgIpc) is 2.79. The van der Waals surface area contributed by atoms with Gasteiger partial charge in [-0.2, -0.15) is 13.2 Å². The maximum absolute atomic E-state index is 13.5. The van der Waals surface area contributed by atoms with Gasteiger partial charge in [0.15, 0.2) is 6.10 Å². The fourth-order valence-corrected chi connectivity index (χ4v) is 3.81. The fourth-order valence-electron chi connectivity index (χ4n) is 3.81. The smallest absolute Gasteiger partial charge is 0.417 e. The molecule has 1 aliphatic heterocycles. The highest BCUT2D eigenvalue weighted by molar-refractivity contribution is 5.90. The van der Waals surface area contributed by atoms with Crippen LogP contribution in [0.2, 0.25) is 0 Å². The molecule has 0 spiro atoms. The lowest BCUT2D eigenvalue weighted by molar-refractivity contribution is -0.307. The molecule has 0 amide bonds. The van der Waals surface area contributed by atoms with Crippen molar-refractivity contribution in [3.05, 3.63) is 59.7 Å². The van der Waals surface area contributed by atoms with E-state index in [1.54, 1.807) is 24.3 Å². The molecule has 2 aromatic rings. The molecule has 3 rings (SSSR count). The topological polar surface area (TPSA) is 44.8 Å². The molecule has 0 aliphatic carbocycles. The lowest BCUT2D eigenvalue weighted by Gasteiger charge is -2.36. The third kappa shape index (κ3) is 7.30. The van der Waals surface area contributed by atoms with Crippen LogP contribution in [0, 0.1) is 6.92 Å².